The van der Waals surface area contributed by atoms with Gasteiger partial charge in [0.2, 0.25) is 0 Å². The Kier molecular flexibility index (Phi) is 4.30. The van der Waals surface area contributed by atoms with Crippen molar-refractivity contribution in [3.8, 4) is 0 Å². The number of likely N-dealkylation sites (N-methyl/N-ethyl adjacent to an activating group) is 1. The summed E-state index contributed by atoms with van der Waals surface area (Å²) in [5.74, 6) is 0. The number of aliphatic hydroxyl groups is 1. The molecule has 0 amide bonds. The molecule has 1 aliphatic rings. The largest absolute Gasteiger partial charge is 0.394 e. The molecule has 1 aromatic carbocycles. The fourth-order valence-corrected chi connectivity index (χ4v) is 3.05. The lowest BCUT2D eigenvalue weighted by Crippen LogP contribution is -2.57. The third-order valence-electron chi connectivity index (χ3n) is 3.83. The van der Waals surface area contributed by atoms with Gasteiger partial charge in [-0.15, -0.1) is 0 Å². The molecule has 100 valence electrons. The van der Waals surface area contributed by atoms with Crippen LogP contribution < -0.4 is 4.90 Å². The quantitative estimate of drug-likeness (QED) is 0.907. The van der Waals surface area contributed by atoms with E-state index in [4.69, 9.17) is 0 Å². The molecule has 0 spiro atoms. The highest BCUT2D eigenvalue weighted by molar-refractivity contribution is 9.10. The molecule has 0 aliphatic carbocycles. The Labute approximate surface area is 118 Å². The SMILES string of the molecule is Cc1cc(Br)ccc1N1CC(C)N(C)CC1CO. The van der Waals surface area contributed by atoms with Gasteiger partial charge in [-0.1, -0.05) is 15.9 Å². The van der Waals surface area contributed by atoms with E-state index in [2.05, 4.69) is 64.8 Å². The normalized spacial score (nSPS) is 25.5. The van der Waals surface area contributed by atoms with E-state index in [1.54, 1.807) is 0 Å². The highest BCUT2D eigenvalue weighted by atomic mass is 79.9. The van der Waals surface area contributed by atoms with Gasteiger partial charge in [-0.2, -0.15) is 0 Å². The Bertz CT molecular complexity index is 424. The monoisotopic (exact) mass is 312 g/mol. The summed E-state index contributed by atoms with van der Waals surface area (Å²) in [5.41, 5.74) is 2.48. The molecule has 1 fully saturated rings. The minimum Gasteiger partial charge on any atom is -0.394 e. The zero-order valence-corrected chi connectivity index (χ0v) is 12.8. The van der Waals surface area contributed by atoms with Gasteiger partial charge in [-0.05, 0) is 44.7 Å². The third kappa shape index (κ3) is 2.71. The zero-order chi connectivity index (χ0) is 13.3. The molecular weight excluding hydrogens is 292 g/mol. The maximum absolute atomic E-state index is 9.59. The predicted octanol–water partition coefficient (Wildman–Crippen LogP) is 2.26. The molecule has 18 heavy (non-hydrogen) atoms. The van der Waals surface area contributed by atoms with Crippen LogP contribution in [-0.4, -0.2) is 48.8 Å². The first-order chi connectivity index (χ1) is 8.52. The summed E-state index contributed by atoms with van der Waals surface area (Å²) in [7, 11) is 2.12. The van der Waals surface area contributed by atoms with E-state index in [0.29, 0.717) is 6.04 Å². The summed E-state index contributed by atoms with van der Waals surface area (Å²) >= 11 is 3.50. The number of nitrogens with zero attached hydrogens (tertiary/aromatic N) is 2. The summed E-state index contributed by atoms with van der Waals surface area (Å²) < 4.78 is 1.10. The summed E-state index contributed by atoms with van der Waals surface area (Å²) in [6.07, 6.45) is 0. The van der Waals surface area contributed by atoms with Gasteiger partial charge in [0.05, 0.1) is 12.6 Å². The molecule has 2 unspecified atom stereocenters. The van der Waals surface area contributed by atoms with Crippen LogP contribution in [0.5, 0.6) is 0 Å². The van der Waals surface area contributed by atoms with Gasteiger partial charge in [-0.3, -0.25) is 4.90 Å². The van der Waals surface area contributed by atoms with E-state index < -0.39 is 0 Å². The third-order valence-corrected chi connectivity index (χ3v) is 4.33. The second-order valence-electron chi connectivity index (χ2n) is 5.21. The molecule has 2 atom stereocenters. The van der Waals surface area contributed by atoms with E-state index in [-0.39, 0.29) is 12.6 Å². The Morgan fingerprint density at radius 2 is 2.11 bits per heavy atom. The van der Waals surface area contributed by atoms with Gasteiger partial charge < -0.3 is 10.0 Å². The van der Waals surface area contributed by atoms with Crippen LogP contribution in [-0.2, 0) is 0 Å². The van der Waals surface area contributed by atoms with E-state index >= 15 is 0 Å². The van der Waals surface area contributed by atoms with Crippen molar-refractivity contribution in [2.24, 2.45) is 0 Å². The molecule has 1 aliphatic heterocycles. The molecule has 0 aromatic heterocycles. The molecule has 3 nitrogen and oxygen atoms in total. The number of aliphatic hydroxyl groups excluding tert-OH is 1. The maximum Gasteiger partial charge on any atom is 0.0648 e. The molecule has 1 aromatic rings. The summed E-state index contributed by atoms with van der Waals surface area (Å²) in [5, 5.41) is 9.59. The van der Waals surface area contributed by atoms with Crippen LogP contribution in [0.2, 0.25) is 0 Å². The smallest absolute Gasteiger partial charge is 0.0648 e. The fourth-order valence-electron chi connectivity index (χ4n) is 2.58. The topological polar surface area (TPSA) is 26.7 Å². The van der Waals surface area contributed by atoms with Crippen molar-refractivity contribution in [3.05, 3.63) is 28.2 Å². The van der Waals surface area contributed by atoms with Gasteiger partial charge in [-0.25, -0.2) is 0 Å². The first-order valence-corrected chi connectivity index (χ1v) is 7.16. The molecular formula is C14H21BrN2O. The highest BCUT2D eigenvalue weighted by Crippen LogP contribution is 2.28. The zero-order valence-electron chi connectivity index (χ0n) is 11.2. The number of aryl methyl sites for hydroxylation is 1. The lowest BCUT2D eigenvalue weighted by molar-refractivity contribution is 0.155. The number of piperazine rings is 1. The summed E-state index contributed by atoms with van der Waals surface area (Å²) in [6.45, 7) is 6.43. The van der Waals surface area contributed by atoms with Crippen LogP contribution in [0.15, 0.2) is 22.7 Å². The van der Waals surface area contributed by atoms with E-state index in [0.717, 1.165) is 17.6 Å². The highest BCUT2D eigenvalue weighted by Gasteiger charge is 2.29. The number of anilines is 1. The van der Waals surface area contributed by atoms with Crippen LogP contribution in [0.25, 0.3) is 0 Å². The molecule has 2 rings (SSSR count). The maximum atomic E-state index is 9.59. The number of hydrogen-bond donors (Lipinski definition) is 1. The average Bonchev–Trinajstić information content (AvgIpc) is 2.32. The number of halogens is 1. The average molecular weight is 313 g/mol. The second kappa shape index (κ2) is 5.59. The first kappa shape index (κ1) is 13.8. The van der Waals surface area contributed by atoms with Gasteiger partial charge in [0.15, 0.2) is 0 Å². The predicted molar refractivity (Wildman–Crippen MR) is 79.2 cm³/mol. The minimum atomic E-state index is 0.186. The van der Waals surface area contributed by atoms with Crippen molar-refractivity contribution in [2.45, 2.75) is 25.9 Å². The van der Waals surface area contributed by atoms with Crippen LogP contribution in [0, 0.1) is 6.92 Å². The Hall–Kier alpha value is -0.580. The number of hydrogen-bond acceptors (Lipinski definition) is 3. The standard InChI is InChI=1S/C14H21BrN2O/c1-10-6-12(15)4-5-14(10)17-7-11(2)16(3)8-13(17)9-18/h4-6,11,13,18H,7-9H2,1-3H3. The molecule has 1 saturated heterocycles. The number of benzene rings is 1. The molecule has 0 saturated carbocycles. The van der Waals surface area contributed by atoms with Crippen molar-refractivity contribution >= 4 is 21.6 Å². The lowest BCUT2D eigenvalue weighted by Gasteiger charge is -2.45. The van der Waals surface area contributed by atoms with Crippen molar-refractivity contribution in [2.75, 3.05) is 31.6 Å². The van der Waals surface area contributed by atoms with Crippen molar-refractivity contribution < 1.29 is 5.11 Å². The first-order valence-electron chi connectivity index (χ1n) is 6.37. The second-order valence-corrected chi connectivity index (χ2v) is 6.12. The van der Waals surface area contributed by atoms with E-state index in [1.807, 2.05) is 0 Å². The van der Waals surface area contributed by atoms with Crippen molar-refractivity contribution in [3.63, 3.8) is 0 Å². The molecule has 0 bridgehead atoms. The van der Waals surface area contributed by atoms with Crippen molar-refractivity contribution in [1.82, 2.24) is 4.90 Å². The van der Waals surface area contributed by atoms with Gasteiger partial charge >= 0.3 is 0 Å². The molecule has 1 N–H and O–H groups in total. The molecule has 1 heterocycles. The van der Waals surface area contributed by atoms with Crippen LogP contribution in [0.4, 0.5) is 5.69 Å². The fraction of sp³-hybridized carbons (Fsp3) is 0.571. The Morgan fingerprint density at radius 3 is 2.72 bits per heavy atom. The van der Waals surface area contributed by atoms with Crippen LogP contribution >= 0.6 is 15.9 Å². The molecule has 0 radical (unpaired) electrons. The summed E-state index contributed by atoms with van der Waals surface area (Å²) in [4.78, 5) is 4.65. The minimum absolute atomic E-state index is 0.186. The Balaban J connectivity index is 2.29. The van der Waals surface area contributed by atoms with E-state index in [9.17, 15) is 5.11 Å². The van der Waals surface area contributed by atoms with E-state index in [1.165, 1.54) is 11.3 Å². The number of rotatable bonds is 2. The van der Waals surface area contributed by atoms with Gasteiger partial charge in [0, 0.05) is 29.3 Å². The van der Waals surface area contributed by atoms with Crippen LogP contribution in [0.1, 0.15) is 12.5 Å². The van der Waals surface area contributed by atoms with Gasteiger partial charge in [0.25, 0.3) is 0 Å². The van der Waals surface area contributed by atoms with Crippen molar-refractivity contribution in [1.29, 1.82) is 0 Å². The molecule has 4 heteroatoms. The lowest BCUT2D eigenvalue weighted by atomic mass is 10.1. The Morgan fingerprint density at radius 1 is 1.39 bits per heavy atom. The van der Waals surface area contributed by atoms with Crippen LogP contribution in [0.3, 0.4) is 0 Å². The summed E-state index contributed by atoms with van der Waals surface area (Å²) in [6, 6.07) is 7.04. The van der Waals surface area contributed by atoms with Gasteiger partial charge in [0.1, 0.15) is 0 Å².